The first-order valence-electron chi connectivity index (χ1n) is 6.19. The molecule has 0 fully saturated rings. The number of nitrogens with two attached hydrogens (primary N) is 1. The first-order valence-corrected chi connectivity index (χ1v) is 6.19. The van der Waals surface area contributed by atoms with E-state index in [4.69, 9.17) is 5.73 Å². The molecule has 1 rings (SSSR count). The molecular formula is C14H21N3O2. The summed E-state index contributed by atoms with van der Waals surface area (Å²) in [6, 6.07) is 5.20. The maximum atomic E-state index is 11.9. The minimum Gasteiger partial charge on any atom is -0.335 e. The van der Waals surface area contributed by atoms with Crippen molar-refractivity contribution in [2.75, 3.05) is 18.9 Å². The van der Waals surface area contributed by atoms with Gasteiger partial charge >= 0.3 is 0 Å². The average molecular weight is 263 g/mol. The van der Waals surface area contributed by atoms with Crippen molar-refractivity contribution in [3.8, 4) is 0 Å². The van der Waals surface area contributed by atoms with Crippen LogP contribution in [0.3, 0.4) is 0 Å². The number of likely N-dealkylation sites (N-methyl/N-ethyl adjacent to an activating group) is 1. The molecule has 3 N–H and O–H groups in total. The predicted molar refractivity (Wildman–Crippen MR) is 75.8 cm³/mol. The van der Waals surface area contributed by atoms with Gasteiger partial charge in [-0.05, 0) is 31.9 Å². The monoisotopic (exact) mass is 263 g/mol. The van der Waals surface area contributed by atoms with Gasteiger partial charge in [0.05, 0.1) is 12.6 Å². The van der Waals surface area contributed by atoms with Crippen LogP contribution in [0, 0.1) is 13.8 Å². The Bertz CT molecular complexity index is 463. The molecule has 1 aromatic carbocycles. The molecule has 19 heavy (non-hydrogen) atoms. The molecule has 0 heterocycles. The summed E-state index contributed by atoms with van der Waals surface area (Å²) < 4.78 is 0. The van der Waals surface area contributed by atoms with Gasteiger partial charge in [-0.25, -0.2) is 0 Å². The maximum Gasteiger partial charge on any atom is 0.243 e. The van der Waals surface area contributed by atoms with Crippen molar-refractivity contribution in [1.29, 1.82) is 0 Å². The molecule has 1 unspecified atom stereocenters. The number of benzene rings is 1. The number of para-hydroxylation sites is 1. The Morgan fingerprint density at radius 2 is 1.84 bits per heavy atom. The average Bonchev–Trinajstić information content (AvgIpc) is 2.32. The highest BCUT2D eigenvalue weighted by Gasteiger charge is 2.16. The Morgan fingerprint density at radius 1 is 1.32 bits per heavy atom. The van der Waals surface area contributed by atoms with Crippen molar-refractivity contribution in [2.24, 2.45) is 5.73 Å². The van der Waals surface area contributed by atoms with Crippen LogP contribution in [0.25, 0.3) is 0 Å². The van der Waals surface area contributed by atoms with Gasteiger partial charge in [0, 0.05) is 12.7 Å². The Kier molecular flexibility index (Phi) is 5.06. The number of hydrogen-bond acceptors (Lipinski definition) is 3. The number of nitrogens with one attached hydrogen (secondary N) is 1. The molecule has 0 spiro atoms. The summed E-state index contributed by atoms with van der Waals surface area (Å²) in [4.78, 5) is 24.8. The molecule has 5 nitrogen and oxygen atoms in total. The number of carbonyl (C=O) groups is 2. The largest absolute Gasteiger partial charge is 0.335 e. The first kappa shape index (κ1) is 15.2. The number of hydrogen-bond donors (Lipinski definition) is 2. The lowest BCUT2D eigenvalue weighted by molar-refractivity contribution is -0.134. The molecule has 1 atom stereocenters. The van der Waals surface area contributed by atoms with E-state index in [0.29, 0.717) is 0 Å². The van der Waals surface area contributed by atoms with E-state index < -0.39 is 6.04 Å². The zero-order valence-corrected chi connectivity index (χ0v) is 11.9. The topological polar surface area (TPSA) is 75.4 Å². The zero-order chi connectivity index (χ0) is 14.6. The summed E-state index contributed by atoms with van der Waals surface area (Å²) >= 11 is 0. The summed E-state index contributed by atoms with van der Waals surface area (Å²) in [5.74, 6) is -0.481. The second-order valence-corrected chi connectivity index (χ2v) is 4.80. The van der Waals surface area contributed by atoms with E-state index in [1.807, 2.05) is 32.0 Å². The molecule has 0 aromatic heterocycles. The van der Waals surface area contributed by atoms with Crippen molar-refractivity contribution in [2.45, 2.75) is 26.8 Å². The van der Waals surface area contributed by atoms with Crippen LogP contribution in [0.1, 0.15) is 18.1 Å². The van der Waals surface area contributed by atoms with Crippen LogP contribution in [-0.2, 0) is 9.59 Å². The van der Waals surface area contributed by atoms with E-state index >= 15 is 0 Å². The van der Waals surface area contributed by atoms with Crippen molar-refractivity contribution in [3.63, 3.8) is 0 Å². The number of anilines is 1. The Balaban J connectivity index is 2.68. The predicted octanol–water partition coefficient (Wildman–Crippen LogP) is 1.05. The van der Waals surface area contributed by atoms with Crippen molar-refractivity contribution >= 4 is 17.5 Å². The lowest BCUT2D eigenvalue weighted by Crippen LogP contribution is -2.43. The quantitative estimate of drug-likeness (QED) is 0.852. The van der Waals surface area contributed by atoms with Crippen LogP contribution in [0.15, 0.2) is 18.2 Å². The molecule has 104 valence electrons. The van der Waals surface area contributed by atoms with Gasteiger partial charge in [0.25, 0.3) is 0 Å². The van der Waals surface area contributed by atoms with Gasteiger partial charge in [0.1, 0.15) is 0 Å². The van der Waals surface area contributed by atoms with E-state index in [2.05, 4.69) is 5.32 Å². The summed E-state index contributed by atoms with van der Waals surface area (Å²) in [7, 11) is 1.57. The fraction of sp³-hybridized carbons (Fsp3) is 0.429. The third-order valence-electron chi connectivity index (χ3n) is 2.89. The third kappa shape index (κ3) is 4.06. The Labute approximate surface area is 113 Å². The fourth-order valence-corrected chi connectivity index (χ4v) is 1.83. The molecule has 0 aliphatic rings. The molecule has 5 heteroatoms. The van der Waals surface area contributed by atoms with E-state index in [0.717, 1.165) is 16.8 Å². The van der Waals surface area contributed by atoms with Crippen molar-refractivity contribution < 1.29 is 9.59 Å². The van der Waals surface area contributed by atoms with Crippen LogP contribution in [0.2, 0.25) is 0 Å². The highest BCUT2D eigenvalue weighted by atomic mass is 16.2. The summed E-state index contributed by atoms with van der Waals surface area (Å²) in [6.45, 7) is 5.45. The van der Waals surface area contributed by atoms with Crippen LogP contribution in [0.5, 0.6) is 0 Å². The number of rotatable bonds is 4. The van der Waals surface area contributed by atoms with Crippen molar-refractivity contribution in [1.82, 2.24) is 4.90 Å². The van der Waals surface area contributed by atoms with Gasteiger partial charge in [-0.1, -0.05) is 18.2 Å². The summed E-state index contributed by atoms with van der Waals surface area (Å²) in [6.07, 6.45) is 0. The first-order chi connectivity index (χ1) is 8.82. The zero-order valence-electron chi connectivity index (χ0n) is 11.9. The second-order valence-electron chi connectivity index (χ2n) is 4.80. The van der Waals surface area contributed by atoms with E-state index in [1.54, 1.807) is 14.0 Å². The van der Waals surface area contributed by atoms with E-state index in [-0.39, 0.29) is 18.4 Å². The lowest BCUT2D eigenvalue weighted by atomic mass is 10.1. The van der Waals surface area contributed by atoms with E-state index in [1.165, 1.54) is 4.90 Å². The highest BCUT2D eigenvalue weighted by molar-refractivity contribution is 5.96. The minimum atomic E-state index is -0.599. The van der Waals surface area contributed by atoms with E-state index in [9.17, 15) is 9.59 Å². The molecule has 0 radical (unpaired) electrons. The number of nitrogens with zero attached hydrogens (tertiary/aromatic N) is 1. The molecule has 0 aliphatic heterocycles. The number of aryl methyl sites for hydroxylation is 2. The number of amides is 2. The van der Waals surface area contributed by atoms with Gasteiger partial charge < -0.3 is 16.0 Å². The highest BCUT2D eigenvalue weighted by Crippen LogP contribution is 2.19. The van der Waals surface area contributed by atoms with Crippen LogP contribution in [-0.4, -0.2) is 36.3 Å². The standard InChI is InChI=1S/C14H21N3O2/c1-9-6-5-7-10(2)13(9)16-12(18)8-17(4)14(19)11(3)15/h5-7,11H,8,15H2,1-4H3,(H,16,18). The molecule has 1 aromatic rings. The second kappa shape index (κ2) is 6.33. The molecule has 0 saturated heterocycles. The Morgan fingerprint density at radius 3 is 2.32 bits per heavy atom. The van der Waals surface area contributed by atoms with Gasteiger partial charge in [0.15, 0.2) is 0 Å². The number of carbonyl (C=O) groups excluding carboxylic acids is 2. The fourth-order valence-electron chi connectivity index (χ4n) is 1.83. The van der Waals surface area contributed by atoms with Gasteiger partial charge in [-0.2, -0.15) is 0 Å². The Hall–Kier alpha value is -1.88. The third-order valence-corrected chi connectivity index (χ3v) is 2.89. The van der Waals surface area contributed by atoms with Crippen molar-refractivity contribution in [3.05, 3.63) is 29.3 Å². The summed E-state index contributed by atoms with van der Waals surface area (Å²) in [5, 5.41) is 2.83. The van der Waals surface area contributed by atoms with Crippen LogP contribution >= 0.6 is 0 Å². The molecular weight excluding hydrogens is 242 g/mol. The van der Waals surface area contributed by atoms with Gasteiger partial charge in [-0.15, -0.1) is 0 Å². The SMILES string of the molecule is Cc1cccc(C)c1NC(=O)CN(C)C(=O)C(C)N. The van der Waals surface area contributed by atoms with Crippen LogP contribution in [0.4, 0.5) is 5.69 Å². The maximum absolute atomic E-state index is 11.9. The minimum absolute atomic E-state index is 0.00581. The van der Waals surface area contributed by atoms with Crippen LogP contribution < -0.4 is 11.1 Å². The molecule has 2 amide bonds. The lowest BCUT2D eigenvalue weighted by Gasteiger charge is -2.19. The smallest absolute Gasteiger partial charge is 0.243 e. The molecule has 0 aliphatic carbocycles. The van der Waals surface area contributed by atoms with Gasteiger partial charge in [0.2, 0.25) is 11.8 Å². The molecule has 0 bridgehead atoms. The summed E-state index contributed by atoms with van der Waals surface area (Å²) in [5.41, 5.74) is 8.28. The molecule has 0 saturated carbocycles. The van der Waals surface area contributed by atoms with Gasteiger partial charge in [-0.3, -0.25) is 9.59 Å². The normalized spacial score (nSPS) is 11.8.